The fourth-order valence-electron chi connectivity index (χ4n) is 1.77. The summed E-state index contributed by atoms with van der Waals surface area (Å²) in [5, 5.41) is 0. The second-order valence-electron chi connectivity index (χ2n) is 5.68. The molecular formula is C12H29N2O3S+. The van der Waals surface area contributed by atoms with E-state index in [-0.39, 0.29) is 5.75 Å². The van der Waals surface area contributed by atoms with Gasteiger partial charge in [0.25, 0.3) is 10.1 Å². The third kappa shape index (κ3) is 11.0. The van der Waals surface area contributed by atoms with Gasteiger partial charge >= 0.3 is 0 Å². The summed E-state index contributed by atoms with van der Waals surface area (Å²) in [6, 6.07) is 0. The van der Waals surface area contributed by atoms with Crippen molar-refractivity contribution >= 4 is 10.1 Å². The van der Waals surface area contributed by atoms with Crippen LogP contribution < -0.4 is 0 Å². The number of rotatable bonds is 10. The minimum Gasteiger partial charge on any atom is -0.327 e. The number of likely N-dealkylation sites (N-methyl/N-ethyl adjacent to an activating group) is 2. The Labute approximate surface area is 112 Å². The molecule has 0 saturated carbocycles. The van der Waals surface area contributed by atoms with E-state index >= 15 is 0 Å². The monoisotopic (exact) mass is 281 g/mol. The van der Waals surface area contributed by atoms with E-state index in [4.69, 9.17) is 4.55 Å². The molecule has 0 heterocycles. The number of hydrogen-bond acceptors (Lipinski definition) is 3. The van der Waals surface area contributed by atoms with Crippen LogP contribution in [0.2, 0.25) is 0 Å². The lowest BCUT2D eigenvalue weighted by atomic mass is 10.3. The van der Waals surface area contributed by atoms with E-state index in [0.29, 0.717) is 13.0 Å². The Kier molecular flexibility index (Phi) is 8.02. The molecule has 1 N–H and O–H groups in total. The van der Waals surface area contributed by atoms with Crippen LogP contribution in [-0.2, 0) is 10.1 Å². The van der Waals surface area contributed by atoms with Gasteiger partial charge in [0, 0.05) is 6.54 Å². The Morgan fingerprint density at radius 2 is 1.72 bits per heavy atom. The van der Waals surface area contributed by atoms with Crippen molar-refractivity contribution in [1.29, 1.82) is 0 Å². The molecule has 110 valence electrons. The smallest absolute Gasteiger partial charge is 0.264 e. The summed E-state index contributed by atoms with van der Waals surface area (Å²) in [7, 11) is 2.63. The van der Waals surface area contributed by atoms with E-state index in [0.717, 1.165) is 17.6 Å². The van der Waals surface area contributed by atoms with E-state index in [9.17, 15) is 8.42 Å². The van der Waals surface area contributed by atoms with Crippen LogP contribution >= 0.6 is 0 Å². The predicted octanol–water partition coefficient (Wildman–Crippen LogP) is 1.07. The van der Waals surface area contributed by atoms with E-state index < -0.39 is 10.1 Å². The van der Waals surface area contributed by atoms with Gasteiger partial charge in [-0.1, -0.05) is 13.3 Å². The van der Waals surface area contributed by atoms with E-state index in [1.807, 2.05) is 7.05 Å². The van der Waals surface area contributed by atoms with Crippen LogP contribution in [0.5, 0.6) is 0 Å². The van der Waals surface area contributed by atoms with Crippen molar-refractivity contribution in [2.75, 3.05) is 53.1 Å². The zero-order chi connectivity index (χ0) is 14.2. The first kappa shape index (κ1) is 17.8. The molecule has 0 saturated heterocycles. The van der Waals surface area contributed by atoms with Gasteiger partial charge in [0.2, 0.25) is 0 Å². The van der Waals surface area contributed by atoms with Crippen LogP contribution in [0.4, 0.5) is 0 Å². The fourth-order valence-corrected chi connectivity index (χ4v) is 2.26. The second kappa shape index (κ2) is 8.09. The molecule has 0 aromatic rings. The molecule has 0 aliphatic carbocycles. The summed E-state index contributed by atoms with van der Waals surface area (Å²) in [4.78, 5) is 2.12. The Bertz CT molecular complexity index is 315. The lowest BCUT2D eigenvalue weighted by Crippen LogP contribution is -2.45. The summed E-state index contributed by atoms with van der Waals surface area (Å²) in [5.74, 6) is -0.147. The summed E-state index contributed by atoms with van der Waals surface area (Å²) in [6.45, 7) is 6.08. The predicted molar refractivity (Wildman–Crippen MR) is 75.3 cm³/mol. The quantitative estimate of drug-likeness (QED) is 0.481. The van der Waals surface area contributed by atoms with Crippen LogP contribution in [0.1, 0.15) is 26.2 Å². The van der Waals surface area contributed by atoms with Crippen LogP contribution in [0.15, 0.2) is 0 Å². The maximum atomic E-state index is 10.6. The average molecular weight is 281 g/mol. The highest BCUT2D eigenvalue weighted by atomic mass is 32.2. The van der Waals surface area contributed by atoms with Gasteiger partial charge in [0.15, 0.2) is 0 Å². The molecular weight excluding hydrogens is 252 g/mol. The summed E-state index contributed by atoms with van der Waals surface area (Å²) >= 11 is 0. The number of hydrogen-bond donors (Lipinski definition) is 1. The standard InChI is InChI=1S/C12H28N2O3S/c1-5-6-10-14(3,4)11-9-13(2)8-7-12-18(15,16)17/h5-12H2,1-4H3/p+1. The van der Waals surface area contributed by atoms with E-state index in [1.165, 1.54) is 19.4 Å². The Balaban J connectivity index is 3.78. The van der Waals surface area contributed by atoms with E-state index in [1.54, 1.807) is 0 Å². The Hall–Kier alpha value is -0.170. The Morgan fingerprint density at radius 3 is 2.22 bits per heavy atom. The van der Waals surface area contributed by atoms with Gasteiger partial charge in [-0.15, -0.1) is 0 Å². The molecule has 0 spiro atoms. The summed E-state index contributed by atoms with van der Waals surface area (Å²) in [6.07, 6.45) is 2.93. The molecule has 0 fully saturated rings. The van der Waals surface area contributed by atoms with Crippen LogP contribution in [0, 0.1) is 0 Å². The molecule has 0 aromatic heterocycles. The minimum absolute atomic E-state index is 0.147. The highest BCUT2D eigenvalue weighted by Crippen LogP contribution is 2.02. The molecule has 5 nitrogen and oxygen atoms in total. The molecule has 0 rings (SSSR count). The minimum atomic E-state index is -3.81. The van der Waals surface area contributed by atoms with Gasteiger partial charge in [-0.05, 0) is 26.4 Å². The van der Waals surface area contributed by atoms with E-state index in [2.05, 4.69) is 25.9 Å². The molecule has 0 aromatic carbocycles. The van der Waals surface area contributed by atoms with Crippen LogP contribution in [0.3, 0.4) is 0 Å². The second-order valence-corrected chi connectivity index (χ2v) is 7.25. The van der Waals surface area contributed by atoms with Crippen LogP contribution in [-0.4, -0.2) is 75.4 Å². The van der Waals surface area contributed by atoms with Crippen molar-refractivity contribution in [2.45, 2.75) is 26.2 Å². The number of quaternary nitrogens is 1. The van der Waals surface area contributed by atoms with Crippen molar-refractivity contribution in [3.63, 3.8) is 0 Å². The molecule has 0 bridgehead atoms. The van der Waals surface area contributed by atoms with Gasteiger partial charge in [0.05, 0.1) is 32.9 Å². The number of nitrogens with zero attached hydrogens (tertiary/aromatic N) is 2. The van der Waals surface area contributed by atoms with Crippen molar-refractivity contribution in [1.82, 2.24) is 4.90 Å². The average Bonchev–Trinajstić information content (AvgIpc) is 2.22. The Morgan fingerprint density at radius 1 is 1.11 bits per heavy atom. The van der Waals surface area contributed by atoms with Crippen molar-refractivity contribution in [2.24, 2.45) is 0 Å². The zero-order valence-electron chi connectivity index (χ0n) is 12.2. The first-order valence-corrected chi connectivity index (χ1v) is 8.23. The lowest BCUT2D eigenvalue weighted by Gasteiger charge is -2.31. The maximum absolute atomic E-state index is 10.6. The molecule has 0 atom stereocenters. The zero-order valence-corrected chi connectivity index (χ0v) is 13.0. The third-order valence-corrected chi connectivity index (χ3v) is 3.95. The highest BCUT2D eigenvalue weighted by Gasteiger charge is 2.15. The molecule has 0 unspecified atom stereocenters. The van der Waals surface area contributed by atoms with Crippen LogP contribution in [0.25, 0.3) is 0 Å². The van der Waals surface area contributed by atoms with Gasteiger partial charge in [0.1, 0.15) is 0 Å². The topological polar surface area (TPSA) is 57.6 Å². The summed E-state index contributed by atoms with van der Waals surface area (Å²) in [5.41, 5.74) is 0. The largest absolute Gasteiger partial charge is 0.327 e. The lowest BCUT2D eigenvalue weighted by molar-refractivity contribution is -0.890. The van der Waals surface area contributed by atoms with Crippen molar-refractivity contribution in [3.05, 3.63) is 0 Å². The normalized spacial score (nSPS) is 13.2. The molecule has 6 heteroatoms. The van der Waals surface area contributed by atoms with Gasteiger partial charge in [-0.3, -0.25) is 4.55 Å². The van der Waals surface area contributed by atoms with Gasteiger partial charge in [-0.25, -0.2) is 0 Å². The molecule has 0 radical (unpaired) electrons. The fraction of sp³-hybridized carbons (Fsp3) is 1.00. The van der Waals surface area contributed by atoms with Crippen molar-refractivity contribution in [3.8, 4) is 0 Å². The third-order valence-electron chi connectivity index (χ3n) is 3.15. The molecule has 0 aliphatic heterocycles. The summed E-state index contributed by atoms with van der Waals surface area (Å²) < 4.78 is 30.8. The van der Waals surface area contributed by atoms with Gasteiger partial charge in [-0.2, -0.15) is 8.42 Å². The SMILES string of the molecule is CCCC[N+](C)(C)CCN(C)CCCS(=O)(=O)O. The van der Waals surface area contributed by atoms with Crippen molar-refractivity contribution < 1.29 is 17.5 Å². The maximum Gasteiger partial charge on any atom is 0.264 e. The molecule has 0 amide bonds. The first-order valence-electron chi connectivity index (χ1n) is 6.62. The molecule has 18 heavy (non-hydrogen) atoms. The van der Waals surface area contributed by atoms with Gasteiger partial charge < -0.3 is 9.38 Å². The first-order chi connectivity index (χ1) is 8.16. The highest BCUT2D eigenvalue weighted by molar-refractivity contribution is 7.85. The molecule has 0 aliphatic rings. The number of unbranched alkanes of at least 4 members (excludes halogenated alkanes) is 1.